The molecule has 5 nitrogen and oxygen atoms in total. The first-order chi connectivity index (χ1) is 10.3. The van der Waals surface area contributed by atoms with Crippen molar-refractivity contribution in [2.75, 3.05) is 6.61 Å². The van der Waals surface area contributed by atoms with E-state index in [4.69, 9.17) is 9.47 Å². The average molecular weight is 313 g/mol. The highest BCUT2D eigenvalue weighted by Gasteiger charge is 2.33. The number of esters is 1. The molecular weight excluding hydrogens is 282 g/mol. The highest BCUT2D eigenvalue weighted by molar-refractivity contribution is 5.72. The van der Waals surface area contributed by atoms with E-state index in [0.717, 1.165) is 12.8 Å². The molecule has 1 rings (SSSR count). The minimum Gasteiger partial charge on any atom is -0.466 e. The van der Waals surface area contributed by atoms with Gasteiger partial charge in [0.2, 0.25) is 0 Å². The van der Waals surface area contributed by atoms with Crippen LogP contribution in [-0.2, 0) is 14.3 Å². The van der Waals surface area contributed by atoms with Gasteiger partial charge in [-0.15, -0.1) is 0 Å². The maximum atomic E-state index is 12.1. The van der Waals surface area contributed by atoms with Gasteiger partial charge in [0.05, 0.1) is 13.0 Å². The zero-order chi connectivity index (χ0) is 16.7. The van der Waals surface area contributed by atoms with Crippen molar-refractivity contribution in [3.63, 3.8) is 0 Å². The first-order valence-electron chi connectivity index (χ1n) is 8.46. The number of carbonyl (C=O) groups excluding carboxylic acids is 2. The Morgan fingerprint density at radius 1 is 1.23 bits per heavy atom. The van der Waals surface area contributed by atoms with E-state index in [9.17, 15) is 9.59 Å². The van der Waals surface area contributed by atoms with Gasteiger partial charge >= 0.3 is 12.1 Å². The molecule has 0 heterocycles. The Labute approximate surface area is 134 Å². The lowest BCUT2D eigenvalue weighted by Crippen LogP contribution is -2.41. The second kappa shape index (κ2) is 9.01. The number of alkyl carbamates (subject to hydrolysis) is 1. The highest BCUT2D eigenvalue weighted by atomic mass is 16.6. The van der Waals surface area contributed by atoms with Crippen molar-refractivity contribution in [2.45, 2.75) is 72.4 Å². The van der Waals surface area contributed by atoms with Crippen molar-refractivity contribution in [3.8, 4) is 0 Å². The summed E-state index contributed by atoms with van der Waals surface area (Å²) in [5.74, 6) is 1.20. The van der Waals surface area contributed by atoms with Crippen LogP contribution in [0.3, 0.4) is 0 Å². The first-order valence-corrected chi connectivity index (χ1v) is 8.46. The van der Waals surface area contributed by atoms with Crippen LogP contribution < -0.4 is 5.32 Å². The fourth-order valence-corrected chi connectivity index (χ4v) is 3.14. The van der Waals surface area contributed by atoms with Crippen LogP contribution in [0.1, 0.15) is 60.3 Å². The van der Waals surface area contributed by atoms with Crippen molar-refractivity contribution in [1.29, 1.82) is 0 Å². The molecule has 0 spiro atoms. The summed E-state index contributed by atoms with van der Waals surface area (Å²) in [5, 5.41) is 2.73. The van der Waals surface area contributed by atoms with Gasteiger partial charge in [-0.25, -0.2) is 4.79 Å². The van der Waals surface area contributed by atoms with E-state index < -0.39 is 6.09 Å². The summed E-state index contributed by atoms with van der Waals surface area (Å²) in [5.41, 5.74) is 0. The molecule has 22 heavy (non-hydrogen) atoms. The van der Waals surface area contributed by atoms with E-state index in [1.165, 1.54) is 6.42 Å². The van der Waals surface area contributed by atoms with Gasteiger partial charge in [0.15, 0.2) is 0 Å². The quantitative estimate of drug-likeness (QED) is 0.762. The van der Waals surface area contributed by atoms with E-state index in [1.54, 1.807) is 13.8 Å². The van der Waals surface area contributed by atoms with Crippen LogP contribution in [0.4, 0.5) is 4.79 Å². The summed E-state index contributed by atoms with van der Waals surface area (Å²) < 4.78 is 10.5. The topological polar surface area (TPSA) is 64.6 Å². The summed E-state index contributed by atoms with van der Waals surface area (Å²) in [6.07, 6.45) is 2.93. The molecule has 128 valence electrons. The number of hydrogen-bond donors (Lipinski definition) is 1. The third kappa shape index (κ3) is 6.24. The molecule has 0 radical (unpaired) electrons. The SMILES string of the molecule is CCOC(=O)CC(C)NC(=O)O[C@H]1C[C@H](C)CC[C@H]1C(C)C. The monoisotopic (exact) mass is 313 g/mol. The molecule has 0 aromatic heterocycles. The van der Waals surface area contributed by atoms with Crippen molar-refractivity contribution in [3.05, 3.63) is 0 Å². The van der Waals surface area contributed by atoms with Gasteiger partial charge in [-0.05, 0) is 44.4 Å². The lowest BCUT2D eigenvalue weighted by molar-refractivity contribution is -0.143. The highest BCUT2D eigenvalue weighted by Crippen LogP contribution is 2.35. The van der Waals surface area contributed by atoms with Crippen LogP contribution in [-0.4, -0.2) is 30.8 Å². The molecule has 0 aliphatic heterocycles. The molecule has 0 saturated heterocycles. The molecular formula is C17H31NO4. The van der Waals surface area contributed by atoms with Crippen molar-refractivity contribution >= 4 is 12.1 Å². The second-order valence-electron chi connectivity index (χ2n) is 6.82. The molecule has 1 N–H and O–H groups in total. The predicted molar refractivity (Wildman–Crippen MR) is 85.5 cm³/mol. The van der Waals surface area contributed by atoms with Gasteiger partial charge in [-0.3, -0.25) is 4.79 Å². The van der Waals surface area contributed by atoms with Gasteiger partial charge in [0.1, 0.15) is 6.10 Å². The molecule has 1 fully saturated rings. The Hall–Kier alpha value is -1.26. The Morgan fingerprint density at radius 2 is 1.91 bits per heavy atom. The molecule has 1 unspecified atom stereocenters. The lowest BCUT2D eigenvalue weighted by Gasteiger charge is -2.36. The minimum absolute atomic E-state index is 0.0291. The predicted octanol–water partition coefficient (Wildman–Crippen LogP) is 3.52. The van der Waals surface area contributed by atoms with Crippen LogP contribution in [0.2, 0.25) is 0 Å². The summed E-state index contributed by atoms with van der Waals surface area (Å²) in [7, 11) is 0. The Morgan fingerprint density at radius 3 is 2.50 bits per heavy atom. The second-order valence-corrected chi connectivity index (χ2v) is 6.82. The molecule has 1 saturated carbocycles. The van der Waals surface area contributed by atoms with Crippen LogP contribution in [0.5, 0.6) is 0 Å². The van der Waals surface area contributed by atoms with Crippen LogP contribution in [0, 0.1) is 17.8 Å². The fraction of sp³-hybridized carbons (Fsp3) is 0.882. The minimum atomic E-state index is -0.429. The molecule has 0 aromatic carbocycles. The molecule has 1 amide bonds. The molecule has 4 atom stereocenters. The number of rotatable bonds is 6. The Balaban J connectivity index is 2.46. The summed E-state index contributed by atoms with van der Waals surface area (Å²) in [6.45, 7) is 10.5. The van der Waals surface area contributed by atoms with Crippen molar-refractivity contribution in [2.24, 2.45) is 17.8 Å². The summed E-state index contributed by atoms with van der Waals surface area (Å²) in [6, 6.07) is -0.287. The molecule has 5 heteroatoms. The van der Waals surface area contributed by atoms with Crippen molar-refractivity contribution < 1.29 is 19.1 Å². The number of ether oxygens (including phenoxy) is 2. The first kappa shape index (κ1) is 18.8. The van der Waals surface area contributed by atoms with Gasteiger partial charge in [0, 0.05) is 6.04 Å². The normalized spacial score (nSPS) is 26.4. The molecule has 0 aromatic rings. The van der Waals surface area contributed by atoms with Crippen molar-refractivity contribution in [1.82, 2.24) is 5.32 Å². The smallest absolute Gasteiger partial charge is 0.407 e. The van der Waals surface area contributed by atoms with Gasteiger partial charge in [-0.1, -0.05) is 27.2 Å². The summed E-state index contributed by atoms with van der Waals surface area (Å²) >= 11 is 0. The van der Waals surface area contributed by atoms with Crippen LogP contribution in [0.25, 0.3) is 0 Å². The Bertz CT molecular complexity index is 370. The third-order valence-corrected chi connectivity index (χ3v) is 4.36. The lowest BCUT2D eigenvalue weighted by atomic mass is 9.75. The average Bonchev–Trinajstić information content (AvgIpc) is 2.37. The molecule has 1 aliphatic rings. The number of carbonyl (C=O) groups is 2. The third-order valence-electron chi connectivity index (χ3n) is 4.36. The standard InChI is InChI=1S/C17H31NO4/c1-6-21-16(19)10-13(5)18-17(20)22-15-9-12(4)7-8-14(15)11(2)3/h11-15H,6-10H2,1-5H3,(H,18,20)/t12-,13?,14+,15+/m1/s1. The maximum Gasteiger partial charge on any atom is 0.407 e. The van der Waals surface area contributed by atoms with E-state index >= 15 is 0 Å². The molecule has 0 bridgehead atoms. The number of hydrogen-bond acceptors (Lipinski definition) is 4. The fourth-order valence-electron chi connectivity index (χ4n) is 3.14. The summed E-state index contributed by atoms with van der Waals surface area (Å²) in [4.78, 5) is 23.4. The molecule has 1 aliphatic carbocycles. The van der Waals surface area contributed by atoms with Crippen LogP contribution in [0.15, 0.2) is 0 Å². The zero-order valence-electron chi connectivity index (χ0n) is 14.6. The largest absolute Gasteiger partial charge is 0.466 e. The van der Waals surface area contributed by atoms with Gasteiger partial charge < -0.3 is 14.8 Å². The number of amides is 1. The van der Waals surface area contributed by atoms with Gasteiger partial charge in [-0.2, -0.15) is 0 Å². The zero-order valence-corrected chi connectivity index (χ0v) is 14.6. The van der Waals surface area contributed by atoms with E-state index in [1.807, 2.05) is 0 Å². The van der Waals surface area contributed by atoms with E-state index in [-0.39, 0.29) is 24.5 Å². The van der Waals surface area contributed by atoms with E-state index in [2.05, 4.69) is 26.1 Å². The Kier molecular flexibility index (Phi) is 7.69. The maximum absolute atomic E-state index is 12.1. The number of nitrogens with one attached hydrogen (secondary N) is 1. The van der Waals surface area contributed by atoms with Gasteiger partial charge in [0.25, 0.3) is 0 Å². The van der Waals surface area contributed by atoms with Crippen LogP contribution >= 0.6 is 0 Å². The van der Waals surface area contributed by atoms with E-state index in [0.29, 0.717) is 24.4 Å².